The highest BCUT2D eigenvalue weighted by molar-refractivity contribution is 9.10. The molecule has 1 aromatic carbocycles. The van der Waals surface area contributed by atoms with Gasteiger partial charge in [0.15, 0.2) is 17.1 Å². The molecular weight excluding hydrogens is 458 g/mol. The van der Waals surface area contributed by atoms with Crippen LogP contribution in [0.2, 0.25) is 0 Å². The topological polar surface area (TPSA) is 131 Å². The molecular formula is C19H20BrN5O5. The number of hydrogen-bond acceptors (Lipinski definition) is 6. The number of carbonyl (C=O) groups is 1. The molecule has 0 bridgehead atoms. The fraction of sp³-hybridized carbons (Fsp3) is 0.368. The third kappa shape index (κ3) is 3.84. The fourth-order valence-corrected chi connectivity index (χ4v) is 3.97. The number of carbonyl (C=O) groups excluding carboxylic acids is 1. The van der Waals surface area contributed by atoms with Crippen molar-refractivity contribution >= 4 is 33.0 Å². The van der Waals surface area contributed by atoms with Crippen molar-refractivity contribution in [2.24, 2.45) is 7.05 Å². The lowest BCUT2D eigenvalue weighted by Gasteiger charge is -2.22. The monoisotopic (exact) mass is 477 g/mol. The molecule has 4 rings (SSSR count). The van der Waals surface area contributed by atoms with Crippen molar-refractivity contribution < 1.29 is 14.3 Å². The summed E-state index contributed by atoms with van der Waals surface area (Å²) in [5.41, 5.74) is 0.266. The third-order valence-corrected chi connectivity index (χ3v) is 5.58. The largest absolute Gasteiger partial charge is 0.486 e. The van der Waals surface area contributed by atoms with Gasteiger partial charge in [-0.2, -0.15) is 0 Å². The first kappa shape index (κ1) is 20.2. The van der Waals surface area contributed by atoms with Crippen molar-refractivity contribution in [2.75, 3.05) is 13.2 Å². The quantitative estimate of drug-likeness (QED) is 0.507. The van der Waals surface area contributed by atoms with E-state index in [-0.39, 0.29) is 29.5 Å². The average Bonchev–Trinajstić information content (AvgIpc) is 3.15. The second-order valence-electron chi connectivity index (χ2n) is 7.01. The molecule has 0 radical (unpaired) electrons. The summed E-state index contributed by atoms with van der Waals surface area (Å²) in [6, 6.07) is 3.43. The third-order valence-electron chi connectivity index (χ3n) is 4.90. The number of imidazole rings is 1. The molecule has 1 aliphatic heterocycles. The first-order chi connectivity index (χ1) is 14.3. The minimum atomic E-state index is -0.540. The van der Waals surface area contributed by atoms with Crippen LogP contribution in [0.3, 0.4) is 0 Å². The maximum Gasteiger partial charge on any atom is 0.329 e. The smallest absolute Gasteiger partial charge is 0.329 e. The first-order valence-corrected chi connectivity index (χ1v) is 10.2. The van der Waals surface area contributed by atoms with Crippen molar-refractivity contribution in [3.05, 3.63) is 48.8 Å². The maximum absolute atomic E-state index is 12.5. The molecule has 1 amide bonds. The van der Waals surface area contributed by atoms with Crippen LogP contribution in [-0.4, -0.2) is 38.6 Å². The molecule has 0 spiro atoms. The average molecular weight is 478 g/mol. The van der Waals surface area contributed by atoms with Crippen LogP contribution in [0.4, 0.5) is 0 Å². The van der Waals surface area contributed by atoms with Crippen LogP contribution in [0, 0.1) is 0 Å². The van der Waals surface area contributed by atoms with Gasteiger partial charge in [0.25, 0.3) is 5.56 Å². The highest BCUT2D eigenvalue weighted by Crippen LogP contribution is 2.37. The van der Waals surface area contributed by atoms with E-state index in [1.165, 1.54) is 11.6 Å². The molecule has 3 heterocycles. The number of aryl methyl sites for hydroxylation is 2. The molecule has 0 aliphatic carbocycles. The normalized spacial score (nSPS) is 14.0. The summed E-state index contributed by atoms with van der Waals surface area (Å²) in [6.07, 6.45) is 0.460. The lowest BCUT2D eigenvalue weighted by atomic mass is 10.1. The van der Waals surface area contributed by atoms with Crippen molar-refractivity contribution in [1.29, 1.82) is 0 Å². The molecule has 158 valence electrons. The molecule has 11 heteroatoms. The second kappa shape index (κ2) is 7.98. The number of H-pyrrole nitrogens is 2. The zero-order valence-corrected chi connectivity index (χ0v) is 18.0. The summed E-state index contributed by atoms with van der Waals surface area (Å²) < 4.78 is 13.2. The van der Waals surface area contributed by atoms with E-state index in [1.807, 2.05) is 19.1 Å². The number of benzene rings is 1. The fourth-order valence-electron chi connectivity index (χ4n) is 3.31. The second-order valence-corrected chi connectivity index (χ2v) is 7.86. The molecule has 2 aromatic heterocycles. The Labute approximate surface area is 178 Å². The van der Waals surface area contributed by atoms with E-state index in [4.69, 9.17) is 9.47 Å². The van der Waals surface area contributed by atoms with Gasteiger partial charge < -0.3 is 19.8 Å². The molecule has 1 aliphatic rings. The van der Waals surface area contributed by atoms with Crippen molar-refractivity contribution in [2.45, 2.75) is 25.8 Å². The molecule has 10 nitrogen and oxygen atoms in total. The summed E-state index contributed by atoms with van der Waals surface area (Å²) in [5.74, 6) is 1.61. The molecule has 3 aromatic rings. The number of amides is 1. The van der Waals surface area contributed by atoms with Crippen LogP contribution in [0.25, 0.3) is 11.2 Å². The van der Waals surface area contributed by atoms with Crippen LogP contribution < -0.4 is 26.0 Å². The Morgan fingerprint density at radius 2 is 1.97 bits per heavy atom. The Balaban J connectivity index is 1.43. The van der Waals surface area contributed by atoms with Crippen molar-refractivity contribution in [3.8, 4) is 11.5 Å². The minimum absolute atomic E-state index is 0.165. The van der Waals surface area contributed by atoms with E-state index < -0.39 is 11.2 Å². The summed E-state index contributed by atoms with van der Waals surface area (Å²) in [4.78, 5) is 45.4. The number of aromatic amines is 2. The van der Waals surface area contributed by atoms with Crippen LogP contribution in [-0.2, 0) is 18.3 Å². The Kier molecular flexibility index (Phi) is 5.37. The van der Waals surface area contributed by atoms with Gasteiger partial charge in [0.2, 0.25) is 5.91 Å². The van der Waals surface area contributed by atoms with Crippen LogP contribution in [0.15, 0.2) is 26.2 Å². The van der Waals surface area contributed by atoms with Crippen LogP contribution >= 0.6 is 15.9 Å². The number of ether oxygens (including phenoxy) is 2. The highest BCUT2D eigenvalue weighted by Gasteiger charge is 2.19. The van der Waals surface area contributed by atoms with Crippen molar-refractivity contribution in [3.63, 3.8) is 0 Å². The molecule has 1 atom stereocenters. The highest BCUT2D eigenvalue weighted by atomic mass is 79.9. The summed E-state index contributed by atoms with van der Waals surface area (Å²) in [7, 11) is 1.52. The van der Waals surface area contributed by atoms with Crippen molar-refractivity contribution in [1.82, 2.24) is 24.8 Å². The Bertz CT molecular complexity index is 1240. The predicted octanol–water partition coefficient (Wildman–Crippen LogP) is 1.29. The van der Waals surface area contributed by atoms with E-state index in [1.54, 1.807) is 0 Å². The molecule has 1 unspecified atom stereocenters. The Hall–Kier alpha value is -3.08. The number of fused-ring (bicyclic) bond motifs is 2. The maximum atomic E-state index is 12.5. The van der Waals surface area contributed by atoms with Gasteiger partial charge >= 0.3 is 5.69 Å². The lowest BCUT2D eigenvalue weighted by Crippen LogP contribution is -2.28. The van der Waals surface area contributed by atoms with Gasteiger partial charge in [-0.3, -0.25) is 19.1 Å². The number of halogens is 1. The summed E-state index contributed by atoms with van der Waals surface area (Å²) >= 11 is 3.52. The van der Waals surface area contributed by atoms with Gasteiger partial charge in [-0.15, -0.1) is 0 Å². The molecule has 0 saturated heterocycles. The predicted molar refractivity (Wildman–Crippen MR) is 112 cm³/mol. The standard InChI is InChI=1S/C19H20BrN5O5/c1-9(10-7-12-13(8-11(10)20)30-6-5-29-12)21-15(26)4-3-14-22-16-17(23-14)25(2)19(28)24-18(16)27/h7-9H,3-6H2,1-2H3,(H,21,26)(H,22,23)(H,24,27,28). The number of aromatic nitrogens is 4. The number of hydrogen-bond donors (Lipinski definition) is 3. The van der Waals surface area contributed by atoms with Gasteiger partial charge in [0.1, 0.15) is 24.6 Å². The minimum Gasteiger partial charge on any atom is -0.486 e. The summed E-state index contributed by atoms with van der Waals surface area (Å²) in [5, 5.41) is 2.95. The zero-order chi connectivity index (χ0) is 21.4. The van der Waals surface area contributed by atoms with Gasteiger partial charge in [0, 0.05) is 24.4 Å². The van der Waals surface area contributed by atoms with E-state index in [0.717, 1.165) is 10.0 Å². The summed E-state index contributed by atoms with van der Waals surface area (Å²) in [6.45, 7) is 2.87. The SMILES string of the molecule is CC(NC(=O)CCc1nc2c([nH]1)c(=O)[nH]c(=O)n2C)c1cc2c(cc1Br)OCCO2. The van der Waals surface area contributed by atoms with Crippen LogP contribution in [0.1, 0.15) is 30.8 Å². The van der Waals surface area contributed by atoms with Gasteiger partial charge in [0.05, 0.1) is 6.04 Å². The molecule has 3 N–H and O–H groups in total. The number of nitrogens with zero attached hydrogens (tertiary/aromatic N) is 2. The van der Waals surface area contributed by atoms with Gasteiger partial charge in [-0.1, -0.05) is 15.9 Å². The van der Waals surface area contributed by atoms with Gasteiger partial charge in [-0.25, -0.2) is 9.78 Å². The molecule has 0 saturated carbocycles. The Morgan fingerprint density at radius 1 is 1.27 bits per heavy atom. The van der Waals surface area contributed by atoms with Crippen LogP contribution in [0.5, 0.6) is 11.5 Å². The zero-order valence-electron chi connectivity index (χ0n) is 16.4. The van der Waals surface area contributed by atoms with E-state index in [2.05, 4.69) is 36.2 Å². The number of rotatable bonds is 5. The first-order valence-electron chi connectivity index (χ1n) is 9.40. The number of nitrogens with one attached hydrogen (secondary N) is 3. The van der Waals surface area contributed by atoms with E-state index in [9.17, 15) is 14.4 Å². The lowest BCUT2D eigenvalue weighted by molar-refractivity contribution is -0.121. The molecule has 0 fully saturated rings. The van der Waals surface area contributed by atoms with E-state index in [0.29, 0.717) is 37.0 Å². The molecule has 30 heavy (non-hydrogen) atoms. The van der Waals surface area contributed by atoms with Gasteiger partial charge in [-0.05, 0) is 24.6 Å². The Morgan fingerprint density at radius 3 is 2.70 bits per heavy atom. The van der Waals surface area contributed by atoms with E-state index >= 15 is 0 Å².